The van der Waals surface area contributed by atoms with Crippen LogP contribution in [0.1, 0.15) is 20.3 Å². The number of aliphatic hydroxyl groups excluding tert-OH is 1. The molecule has 9 heteroatoms. The van der Waals surface area contributed by atoms with Gasteiger partial charge in [0.1, 0.15) is 13.3 Å². The van der Waals surface area contributed by atoms with Crippen molar-refractivity contribution in [3.05, 3.63) is 0 Å². The van der Waals surface area contributed by atoms with Crippen molar-refractivity contribution in [3.8, 4) is 0 Å². The van der Waals surface area contributed by atoms with Crippen molar-refractivity contribution in [3.63, 3.8) is 0 Å². The van der Waals surface area contributed by atoms with Crippen molar-refractivity contribution in [2.24, 2.45) is 0 Å². The summed E-state index contributed by atoms with van der Waals surface area (Å²) in [5.41, 5.74) is 0. The summed E-state index contributed by atoms with van der Waals surface area (Å²) in [6.45, 7) is 2.34. The zero-order valence-corrected chi connectivity index (χ0v) is 11.9. The van der Waals surface area contributed by atoms with E-state index in [0.29, 0.717) is 6.42 Å². The molecule has 0 aliphatic carbocycles. The fourth-order valence-corrected chi connectivity index (χ4v) is 2.06. The largest absolute Gasteiger partial charge is 0.389 e. The third-order valence-corrected chi connectivity index (χ3v) is 3.54. The minimum atomic E-state index is -4.29. The maximum atomic E-state index is 11.6. The summed E-state index contributed by atoms with van der Waals surface area (Å²) in [6.07, 6.45) is 0.581. The van der Waals surface area contributed by atoms with E-state index in [1.54, 1.807) is 6.92 Å². The Kier molecular flexibility index (Phi) is 8.45. The topological polar surface area (TPSA) is 93.1 Å². The summed E-state index contributed by atoms with van der Waals surface area (Å²) in [5.74, 6) is -1.22. The van der Waals surface area contributed by atoms with Gasteiger partial charge in [0.2, 0.25) is 0 Å². The molecule has 18 heavy (non-hydrogen) atoms. The second-order valence-corrected chi connectivity index (χ2v) is 5.37. The van der Waals surface area contributed by atoms with Crippen LogP contribution in [0.3, 0.4) is 0 Å². The highest BCUT2D eigenvalue weighted by Gasteiger charge is 2.26. The van der Waals surface area contributed by atoms with Gasteiger partial charge in [-0.2, -0.15) is 8.42 Å². The predicted octanol–water partition coefficient (Wildman–Crippen LogP) is 0.0801. The second-order valence-electron chi connectivity index (χ2n) is 3.45. The van der Waals surface area contributed by atoms with Crippen LogP contribution in [-0.4, -0.2) is 55.7 Å². The number of hydrogen-bond donors (Lipinski definition) is 1. The number of hydrogen-bond acceptors (Lipinski definition) is 6. The molecule has 0 heterocycles. The van der Waals surface area contributed by atoms with Crippen LogP contribution in [-0.2, 0) is 24.0 Å². The highest BCUT2D eigenvalue weighted by Crippen LogP contribution is 2.07. The lowest BCUT2D eigenvalue weighted by atomic mass is 10.3. The minimum absolute atomic E-state index is 0.0276. The van der Waals surface area contributed by atoms with E-state index in [1.807, 2.05) is 6.92 Å². The van der Waals surface area contributed by atoms with E-state index < -0.39 is 22.9 Å². The Morgan fingerprint density at radius 2 is 2.11 bits per heavy atom. The fourth-order valence-electron chi connectivity index (χ4n) is 0.860. The van der Waals surface area contributed by atoms with Crippen LogP contribution >= 0.6 is 11.6 Å². The lowest BCUT2D eigenvalue weighted by Gasteiger charge is -2.21. The second kappa shape index (κ2) is 8.65. The standard InChI is InChI=1S/C9H18ClNO6S/c1-3-8(2)16-7-11(5-4-10)18(14,15)17-9(13)6-12/h8,12H,3-7H2,1-2H3. The smallest absolute Gasteiger partial charge is 0.385 e. The van der Waals surface area contributed by atoms with Crippen molar-refractivity contribution in [2.45, 2.75) is 26.4 Å². The molecule has 0 fully saturated rings. The Balaban J connectivity index is 4.60. The van der Waals surface area contributed by atoms with E-state index in [2.05, 4.69) is 4.18 Å². The fraction of sp³-hybridized carbons (Fsp3) is 0.889. The zero-order chi connectivity index (χ0) is 14.2. The molecular weight excluding hydrogens is 286 g/mol. The number of rotatable bonds is 9. The van der Waals surface area contributed by atoms with Crippen LogP contribution < -0.4 is 0 Å². The van der Waals surface area contributed by atoms with Crippen LogP contribution in [0.25, 0.3) is 0 Å². The van der Waals surface area contributed by atoms with Gasteiger partial charge in [0.25, 0.3) is 0 Å². The molecule has 0 saturated heterocycles. The number of aliphatic hydroxyl groups is 1. The van der Waals surface area contributed by atoms with Gasteiger partial charge in [-0.1, -0.05) is 6.92 Å². The number of alkyl halides is 1. The summed E-state index contributed by atoms with van der Waals surface area (Å²) in [4.78, 5) is 10.8. The minimum Gasteiger partial charge on any atom is -0.385 e. The molecule has 1 unspecified atom stereocenters. The summed E-state index contributed by atoms with van der Waals surface area (Å²) in [6, 6.07) is 0. The maximum absolute atomic E-state index is 11.6. The first-order chi connectivity index (χ1) is 8.37. The molecule has 0 aliphatic rings. The third kappa shape index (κ3) is 6.50. The number of ether oxygens (including phenoxy) is 1. The lowest BCUT2D eigenvalue weighted by molar-refractivity contribution is -0.137. The van der Waals surface area contributed by atoms with Crippen LogP contribution in [0.4, 0.5) is 0 Å². The SMILES string of the molecule is CCC(C)OCN(CCCl)S(=O)(=O)OC(=O)CO. The van der Waals surface area contributed by atoms with Crippen LogP contribution in [0.5, 0.6) is 0 Å². The van der Waals surface area contributed by atoms with Crippen molar-refractivity contribution >= 4 is 27.9 Å². The van der Waals surface area contributed by atoms with Crippen LogP contribution in [0.2, 0.25) is 0 Å². The molecule has 1 atom stereocenters. The Labute approximate surface area is 112 Å². The molecule has 0 aromatic rings. The molecule has 0 aromatic heterocycles. The molecule has 0 aromatic carbocycles. The van der Waals surface area contributed by atoms with Gasteiger partial charge in [-0.15, -0.1) is 15.9 Å². The monoisotopic (exact) mass is 303 g/mol. The Morgan fingerprint density at radius 1 is 1.50 bits per heavy atom. The van der Waals surface area contributed by atoms with Gasteiger partial charge in [0.15, 0.2) is 0 Å². The average Bonchev–Trinajstić information content (AvgIpc) is 2.32. The first kappa shape index (κ1) is 17.6. The predicted molar refractivity (Wildman–Crippen MR) is 65.2 cm³/mol. The van der Waals surface area contributed by atoms with Gasteiger partial charge in [-0.25, -0.2) is 4.79 Å². The molecule has 0 spiro atoms. The summed E-state index contributed by atoms with van der Waals surface area (Å²) in [5, 5.41) is 8.45. The number of nitrogens with zero attached hydrogens (tertiary/aromatic N) is 1. The lowest BCUT2D eigenvalue weighted by Crippen LogP contribution is -2.38. The van der Waals surface area contributed by atoms with Gasteiger partial charge in [0.05, 0.1) is 6.10 Å². The summed E-state index contributed by atoms with van der Waals surface area (Å²) < 4.78 is 33.4. The Hall–Kier alpha value is -0.410. The summed E-state index contributed by atoms with van der Waals surface area (Å²) in [7, 11) is -4.29. The average molecular weight is 304 g/mol. The Morgan fingerprint density at radius 3 is 2.56 bits per heavy atom. The van der Waals surface area contributed by atoms with Crippen molar-refractivity contribution < 1.29 is 27.2 Å². The molecular formula is C9H18ClNO6S. The number of halogens is 1. The quantitative estimate of drug-likeness (QED) is 0.479. The summed E-state index contributed by atoms with van der Waals surface area (Å²) >= 11 is 5.47. The maximum Gasteiger partial charge on any atom is 0.389 e. The van der Waals surface area contributed by atoms with Gasteiger partial charge in [-0.05, 0) is 13.3 Å². The van der Waals surface area contributed by atoms with Gasteiger partial charge < -0.3 is 14.0 Å². The van der Waals surface area contributed by atoms with E-state index in [9.17, 15) is 13.2 Å². The number of carbonyl (C=O) groups excluding carboxylic acids is 1. The molecule has 0 saturated carbocycles. The van der Waals surface area contributed by atoms with Gasteiger partial charge >= 0.3 is 16.3 Å². The molecule has 108 valence electrons. The van der Waals surface area contributed by atoms with Crippen LogP contribution in [0, 0.1) is 0 Å². The third-order valence-electron chi connectivity index (χ3n) is 2.06. The van der Waals surface area contributed by atoms with E-state index in [4.69, 9.17) is 21.4 Å². The van der Waals surface area contributed by atoms with Crippen molar-refractivity contribution in [1.29, 1.82) is 0 Å². The number of carbonyl (C=O) groups is 1. The molecule has 0 radical (unpaired) electrons. The first-order valence-corrected chi connectivity index (χ1v) is 7.28. The molecule has 7 nitrogen and oxygen atoms in total. The van der Waals surface area contributed by atoms with Gasteiger partial charge in [-0.3, -0.25) is 0 Å². The van der Waals surface area contributed by atoms with Gasteiger partial charge in [0, 0.05) is 12.4 Å². The van der Waals surface area contributed by atoms with E-state index in [-0.39, 0.29) is 25.3 Å². The van der Waals surface area contributed by atoms with Crippen LogP contribution in [0.15, 0.2) is 0 Å². The van der Waals surface area contributed by atoms with E-state index >= 15 is 0 Å². The zero-order valence-electron chi connectivity index (χ0n) is 10.3. The first-order valence-electron chi connectivity index (χ1n) is 5.38. The van der Waals surface area contributed by atoms with Crippen molar-refractivity contribution in [2.75, 3.05) is 25.8 Å². The molecule has 0 amide bonds. The molecule has 1 N–H and O–H groups in total. The van der Waals surface area contributed by atoms with Crippen molar-refractivity contribution in [1.82, 2.24) is 4.31 Å². The van der Waals surface area contributed by atoms with E-state index in [0.717, 1.165) is 4.31 Å². The highest BCUT2D eigenvalue weighted by molar-refractivity contribution is 7.84. The van der Waals surface area contributed by atoms with E-state index in [1.165, 1.54) is 0 Å². The molecule has 0 rings (SSSR count). The Bertz CT molecular complexity index is 347. The molecule has 0 bridgehead atoms. The highest BCUT2D eigenvalue weighted by atomic mass is 35.5. The normalized spacial score (nSPS) is 13.6. The molecule has 0 aliphatic heterocycles.